The zero-order valence-electron chi connectivity index (χ0n) is 14.5. The third kappa shape index (κ3) is 3.78. The lowest BCUT2D eigenvalue weighted by Crippen LogP contribution is -2.49. The number of hydrogen-bond donors (Lipinski definition) is 1. The molecular formula is C17H22ClN3O4S. The number of carbonyl (C=O) groups excluding carboxylic acids is 2. The minimum atomic E-state index is -3.54. The number of rotatable bonds is 5. The van der Waals surface area contributed by atoms with E-state index in [1.807, 2.05) is 0 Å². The summed E-state index contributed by atoms with van der Waals surface area (Å²) in [5.74, 6) is -0.341. The summed E-state index contributed by atoms with van der Waals surface area (Å²) in [5, 5.41) is 3.72. The summed E-state index contributed by atoms with van der Waals surface area (Å²) in [6, 6.07) is 5.65. The number of imide groups is 1. The Balaban J connectivity index is 1.58. The Morgan fingerprint density at radius 1 is 1.15 bits per heavy atom. The molecule has 0 saturated carbocycles. The number of nitrogens with one attached hydrogen (secondary N) is 1. The number of likely N-dealkylation sites (N-methyl/N-ethyl adjacent to an activating group) is 1. The van der Waals surface area contributed by atoms with Gasteiger partial charge in [-0.25, -0.2) is 8.42 Å². The average molecular weight is 400 g/mol. The molecule has 1 aromatic rings. The molecule has 0 radical (unpaired) electrons. The molecule has 3 rings (SSSR count). The van der Waals surface area contributed by atoms with E-state index in [0.29, 0.717) is 37.5 Å². The molecule has 9 heteroatoms. The molecule has 1 atom stereocenters. The molecule has 0 aromatic heterocycles. The van der Waals surface area contributed by atoms with Crippen LogP contribution in [-0.4, -0.2) is 61.2 Å². The van der Waals surface area contributed by atoms with Gasteiger partial charge in [-0.05, 0) is 44.0 Å². The molecule has 2 heterocycles. The summed E-state index contributed by atoms with van der Waals surface area (Å²) in [5.41, 5.74) is 0. The fourth-order valence-electron chi connectivity index (χ4n) is 3.45. The van der Waals surface area contributed by atoms with Gasteiger partial charge in [-0.3, -0.25) is 14.5 Å². The zero-order valence-corrected chi connectivity index (χ0v) is 16.1. The van der Waals surface area contributed by atoms with E-state index < -0.39 is 16.1 Å². The van der Waals surface area contributed by atoms with Gasteiger partial charge in [0, 0.05) is 30.7 Å². The first-order chi connectivity index (χ1) is 12.3. The van der Waals surface area contributed by atoms with Crippen LogP contribution in [0.3, 0.4) is 0 Å². The van der Waals surface area contributed by atoms with Crippen molar-refractivity contribution in [3.8, 4) is 0 Å². The summed E-state index contributed by atoms with van der Waals surface area (Å²) >= 11 is 5.82. The fraction of sp³-hybridized carbons (Fsp3) is 0.529. The molecular weight excluding hydrogens is 378 g/mol. The summed E-state index contributed by atoms with van der Waals surface area (Å²) in [6.07, 6.45) is 1.36. The van der Waals surface area contributed by atoms with E-state index in [1.165, 1.54) is 21.3 Å². The highest BCUT2D eigenvalue weighted by atomic mass is 35.5. The summed E-state index contributed by atoms with van der Waals surface area (Å²) in [4.78, 5) is 25.5. The van der Waals surface area contributed by atoms with E-state index in [0.717, 1.165) is 0 Å². The van der Waals surface area contributed by atoms with Crippen molar-refractivity contribution in [3.05, 3.63) is 29.3 Å². The second-order valence-corrected chi connectivity index (χ2v) is 8.91. The van der Waals surface area contributed by atoms with Gasteiger partial charge >= 0.3 is 0 Å². The average Bonchev–Trinajstić information content (AvgIpc) is 2.88. The molecule has 2 fully saturated rings. The van der Waals surface area contributed by atoms with E-state index in [1.54, 1.807) is 19.1 Å². The van der Waals surface area contributed by atoms with Crippen molar-refractivity contribution in [3.63, 3.8) is 0 Å². The van der Waals surface area contributed by atoms with Crippen LogP contribution in [-0.2, 0) is 19.6 Å². The summed E-state index contributed by atoms with van der Waals surface area (Å²) in [7, 11) is -3.54. The zero-order chi connectivity index (χ0) is 18.9. The maximum Gasteiger partial charge on any atom is 0.246 e. The lowest BCUT2D eigenvalue weighted by Gasteiger charge is -2.32. The number of likely N-dealkylation sites (tertiary alicyclic amines) is 1. The molecule has 1 N–H and O–H groups in total. The topological polar surface area (TPSA) is 86.8 Å². The van der Waals surface area contributed by atoms with Gasteiger partial charge < -0.3 is 5.32 Å². The molecule has 0 spiro atoms. The summed E-state index contributed by atoms with van der Waals surface area (Å²) < 4.78 is 26.8. The molecule has 2 aliphatic heterocycles. The number of benzene rings is 1. The lowest BCUT2D eigenvalue weighted by molar-refractivity contribution is -0.138. The highest BCUT2D eigenvalue weighted by Gasteiger charge is 2.39. The first kappa shape index (κ1) is 19.3. The molecule has 0 bridgehead atoms. The van der Waals surface area contributed by atoms with Gasteiger partial charge in [0.15, 0.2) is 0 Å². The van der Waals surface area contributed by atoms with Crippen LogP contribution in [0.15, 0.2) is 29.2 Å². The number of halogens is 1. The second kappa shape index (κ2) is 7.64. The number of amides is 2. The number of hydrogen-bond acceptors (Lipinski definition) is 5. The van der Waals surface area contributed by atoms with Gasteiger partial charge in [-0.1, -0.05) is 11.6 Å². The molecule has 0 aliphatic carbocycles. The molecule has 1 unspecified atom stereocenters. The van der Waals surface area contributed by atoms with Gasteiger partial charge in [-0.15, -0.1) is 0 Å². The Morgan fingerprint density at radius 2 is 1.77 bits per heavy atom. The second-order valence-electron chi connectivity index (χ2n) is 6.53. The monoisotopic (exact) mass is 399 g/mol. The number of carbonyl (C=O) groups is 2. The minimum Gasteiger partial charge on any atom is -0.303 e. The van der Waals surface area contributed by atoms with E-state index in [9.17, 15) is 18.0 Å². The smallest absolute Gasteiger partial charge is 0.246 e. The maximum atomic E-state index is 12.7. The lowest BCUT2D eigenvalue weighted by atomic mass is 10.1. The van der Waals surface area contributed by atoms with Gasteiger partial charge in [-0.2, -0.15) is 4.31 Å². The Kier molecular flexibility index (Phi) is 5.67. The van der Waals surface area contributed by atoms with Crippen molar-refractivity contribution in [2.24, 2.45) is 0 Å². The Labute approximate surface area is 158 Å². The Hall–Kier alpha value is -1.48. The van der Waals surface area contributed by atoms with Crippen LogP contribution in [0.1, 0.15) is 26.2 Å². The van der Waals surface area contributed by atoms with Crippen LogP contribution in [0.4, 0.5) is 0 Å². The van der Waals surface area contributed by atoms with Gasteiger partial charge in [0.2, 0.25) is 21.8 Å². The normalized spacial score (nSPS) is 23.0. The molecule has 7 nitrogen and oxygen atoms in total. The highest BCUT2D eigenvalue weighted by molar-refractivity contribution is 7.89. The predicted octanol–water partition coefficient (Wildman–Crippen LogP) is 1.23. The molecule has 2 saturated heterocycles. The van der Waals surface area contributed by atoms with Crippen molar-refractivity contribution in [2.75, 3.05) is 19.6 Å². The highest BCUT2D eigenvalue weighted by Crippen LogP contribution is 2.23. The molecule has 1 aromatic carbocycles. The van der Waals surface area contributed by atoms with Crippen LogP contribution in [0.25, 0.3) is 0 Å². The third-order valence-corrected chi connectivity index (χ3v) is 7.07. The first-order valence-corrected chi connectivity index (χ1v) is 10.5. The van der Waals surface area contributed by atoms with Crippen LogP contribution < -0.4 is 5.32 Å². The quantitative estimate of drug-likeness (QED) is 0.752. The van der Waals surface area contributed by atoms with E-state index >= 15 is 0 Å². The van der Waals surface area contributed by atoms with Crippen molar-refractivity contribution in [1.29, 1.82) is 0 Å². The third-order valence-electron chi connectivity index (χ3n) is 4.90. The molecule has 26 heavy (non-hydrogen) atoms. The summed E-state index contributed by atoms with van der Waals surface area (Å²) in [6.45, 7) is 2.90. The van der Waals surface area contributed by atoms with Crippen molar-refractivity contribution in [1.82, 2.24) is 14.5 Å². The van der Waals surface area contributed by atoms with E-state index in [4.69, 9.17) is 11.6 Å². The predicted molar refractivity (Wildman–Crippen MR) is 97.2 cm³/mol. The van der Waals surface area contributed by atoms with Crippen LogP contribution in [0.5, 0.6) is 0 Å². The Bertz CT molecular complexity index is 789. The van der Waals surface area contributed by atoms with Gasteiger partial charge in [0.25, 0.3) is 0 Å². The molecule has 142 valence electrons. The standard InChI is InChI=1S/C17H22ClN3O4S/c1-2-21-16(22)11-15(17(21)23)19-13-7-9-20(10-8-13)26(24,25)14-5-3-12(18)4-6-14/h3-6,13,15,19H,2,7-11H2,1H3. The number of sulfonamides is 1. The molecule has 2 amide bonds. The van der Waals surface area contributed by atoms with Crippen molar-refractivity contribution >= 4 is 33.4 Å². The number of nitrogens with zero attached hydrogens (tertiary/aromatic N) is 2. The van der Waals surface area contributed by atoms with Crippen LogP contribution >= 0.6 is 11.6 Å². The Morgan fingerprint density at radius 3 is 2.31 bits per heavy atom. The van der Waals surface area contributed by atoms with Crippen molar-refractivity contribution in [2.45, 2.75) is 43.2 Å². The molecule has 2 aliphatic rings. The van der Waals surface area contributed by atoms with Gasteiger partial charge in [0.05, 0.1) is 17.4 Å². The fourth-order valence-corrected chi connectivity index (χ4v) is 5.04. The van der Waals surface area contributed by atoms with Crippen molar-refractivity contribution < 1.29 is 18.0 Å². The first-order valence-electron chi connectivity index (χ1n) is 8.69. The maximum absolute atomic E-state index is 12.7. The largest absolute Gasteiger partial charge is 0.303 e. The van der Waals surface area contributed by atoms with Crippen LogP contribution in [0, 0.1) is 0 Å². The minimum absolute atomic E-state index is 0.0187. The van der Waals surface area contributed by atoms with Crippen LogP contribution in [0.2, 0.25) is 5.02 Å². The van der Waals surface area contributed by atoms with E-state index in [-0.39, 0.29) is 29.2 Å². The number of piperidine rings is 1. The van der Waals surface area contributed by atoms with Gasteiger partial charge in [0.1, 0.15) is 0 Å². The SMILES string of the molecule is CCN1C(=O)CC(NC2CCN(S(=O)(=O)c3ccc(Cl)cc3)CC2)C1=O. The van der Waals surface area contributed by atoms with E-state index in [2.05, 4.69) is 5.32 Å².